The molecule has 1 aromatic rings. The Balaban J connectivity index is 1.42. The Morgan fingerprint density at radius 3 is 2.71 bits per heavy atom. The van der Waals surface area contributed by atoms with Crippen molar-refractivity contribution in [3.8, 4) is 0 Å². The van der Waals surface area contributed by atoms with E-state index < -0.39 is 0 Å². The molecule has 0 radical (unpaired) electrons. The molecule has 2 amide bonds. The molecule has 6 heteroatoms. The third-order valence-corrected chi connectivity index (χ3v) is 5.37. The standard InChI is InChI=1S/C18H31N5O/c1-12(9-17-13(2)21-22(4)14(17)3)19-18(24)20-16-7-8-23(11-16)10-15-5-6-15/h12,15-16H,5-11H2,1-4H3,(H2,19,20,24)/t12-,16+/m0/s1. The van der Waals surface area contributed by atoms with Crippen LogP contribution in [0.3, 0.4) is 0 Å². The summed E-state index contributed by atoms with van der Waals surface area (Å²) in [5.74, 6) is 0.920. The Bertz CT molecular complexity index is 592. The molecule has 0 aromatic carbocycles. The van der Waals surface area contributed by atoms with Gasteiger partial charge in [-0.25, -0.2) is 4.79 Å². The summed E-state index contributed by atoms with van der Waals surface area (Å²) in [4.78, 5) is 14.7. The van der Waals surface area contributed by atoms with Gasteiger partial charge in [-0.05, 0) is 57.9 Å². The van der Waals surface area contributed by atoms with Gasteiger partial charge in [0.2, 0.25) is 0 Å². The third kappa shape index (κ3) is 4.29. The molecule has 1 saturated carbocycles. The van der Waals surface area contributed by atoms with E-state index >= 15 is 0 Å². The Labute approximate surface area is 145 Å². The zero-order valence-electron chi connectivity index (χ0n) is 15.4. The molecule has 0 spiro atoms. The molecule has 1 aliphatic carbocycles. The van der Waals surface area contributed by atoms with E-state index in [4.69, 9.17) is 0 Å². The third-order valence-electron chi connectivity index (χ3n) is 5.37. The van der Waals surface area contributed by atoms with E-state index in [1.54, 1.807) is 0 Å². The average Bonchev–Trinajstić information content (AvgIpc) is 3.16. The van der Waals surface area contributed by atoms with Crippen LogP contribution in [0, 0.1) is 19.8 Å². The molecule has 2 heterocycles. The molecule has 134 valence electrons. The zero-order valence-corrected chi connectivity index (χ0v) is 15.4. The van der Waals surface area contributed by atoms with E-state index in [0.29, 0.717) is 0 Å². The maximum Gasteiger partial charge on any atom is 0.315 e. The number of nitrogens with one attached hydrogen (secondary N) is 2. The molecular formula is C18H31N5O. The molecule has 1 saturated heterocycles. The summed E-state index contributed by atoms with van der Waals surface area (Å²) in [5, 5.41) is 10.7. The summed E-state index contributed by atoms with van der Waals surface area (Å²) < 4.78 is 1.91. The Kier molecular flexibility index (Phi) is 5.13. The minimum absolute atomic E-state index is 0.0417. The molecule has 2 fully saturated rings. The van der Waals surface area contributed by atoms with E-state index in [-0.39, 0.29) is 18.1 Å². The van der Waals surface area contributed by atoms with Crippen LogP contribution in [-0.4, -0.2) is 52.4 Å². The lowest BCUT2D eigenvalue weighted by Gasteiger charge is -2.19. The number of urea groups is 1. The van der Waals surface area contributed by atoms with Crippen LogP contribution in [0.4, 0.5) is 4.79 Å². The highest BCUT2D eigenvalue weighted by Crippen LogP contribution is 2.30. The highest BCUT2D eigenvalue weighted by atomic mass is 16.2. The monoisotopic (exact) mass is 333 g/mol. The first-order chi connectivity index (χ1) is 11.4. The summed E-state index contributed by atoms with van der Waals surface area (Å²) in [5.41, 5.74) is 3.46. The predicted octanol–water partition coefficient (Wildman–Crippen LogP) is 1.75. The second-order valence-electron chi connectivity index (χ2n) is 7.68. The van der Waals surface area contributed by atoms with Crippen molar-refractivity contribution in [2.45, 2.75) is 58.5 Å². The molecule has 2 atom stereocenters. The first-order valence-electron chi connectivity index (χ1n) is 9.20. The number of hydrogen-bond donors (Lipinski definition) is 2. The van der Waals surface area contributed by atoms with Gasteiger partial charge < -0.3 is 15.5 Å². The first-order valence-corrected chi connectivity index (χ1v) is 9.20. The van der Waals surface area contributed by atoms with Crippen LogP contribution in [0.1, 0.15) is 43.1 Å². The van der Waals surface area contributed by atoms with Gasteiger partial charge in [0.1, 0.15) is 0 Å². The molecule has 3 rings (SSSR count). The fourth-order valence-corrected chi connectivity index (χ4v) is 3.70. The summed E-state index contributed by atoms with van der Waals surface area (Å²) >= 11 is 0. The van der Waals surface area contributed by atoms with Crippen molar-refractivity contribution in [3.05, 3.63) is 17.0 Å². The van der Waals surface area contributed by atoms with Gasteiger partial charge in [-0.1, -0.05) is 0 Å². The molecule has 2 aliphatic rings. The van der Waals surface area contributed by atoms with Gasteiger partial charge in [0.25, 0.3) is 0 Å². The zero-order chi connectivity index (χ0) is 17.3. The molecule has 0 bridgehead atoms. The number of amides is 2. The predicted molar refractivity (Wildman–Crippen MR) is 95.1 cm³/mol. The molecule has 6 nitrogen and oxygen atoms in total. The fourth-order valence-electron chi connectivity index (χ4n) is 3.70. The lowest BCUT2D eigenvalue weighted by Crippen LogP contribution is -2.47. The quantitative estimate of drug-likeness (QED) is 0.834. The van der Waals surface area contributed by atoms with Crippen molar-refractivity contribution in [1.82, 2.24) is 25.3 Å². The molecule has 1 aromatic heterocycles. The lowest BCUT2D eigenvalue weighted by atomic mass is 10.1. The van der Waals surface area contributed by atoms with E-state index in [1.165, 1.54) is 30.6 Å². The number of nitrogens with zero attached hydrogens (tertiary/aromatic N) is 3. The van der Waals surface area contributed by atoms with E-state index in [2.05, 4.69) is 34.5 Å². The van der Waals surface area contributed by atoms with Crippen molar-refractivity contribution >= 4 is 6.03 Å². The lowest BCUT2D eigenvalue weighted by molar-refractivity contribution is 0.233. The van der Waals surface area contributed by atoms with Crippen molar-refractivity contribution < 1.29 is 4.79 Å². The van der Waals surface area contributed by atoms with Crippen LogP contribution < -0.4 is 10.6 Å². The second kappa shape index (κ2) is 7.13. The summed E-state index contributed by atoms with van der Waals surface area (Å²) in [6, 6.07) is 0.341. The minimum atomic E-state index is -0.0417. The summed E-state index contributed by atoms with van der Waals surface area (Å²) in [6.07, 6.45) is 4.66. The SMILES string of the molecule is Cc1nn(C)c(C)c1C[C@H](C)NC(=O)N[C@@H]1CCN(CC2CC2)C1. The Morgan fingerprint density at radius 2 is 2.08 bits per heavy atom. The largest absolute Gasteiger partial charge is 0.335 e. The van der Waals surface area contributed by atoms with E-state index in [1.807, 2.05) is 18.7 Å². The fraction of sp³-hybridized carbons (Fsp3) is 0.778. The van der Waals surface area contributed by atoms with Gasteiger partial charge in [0.05, 0.1) is 5.69 Å². The van der Waals surface area contributed by atoms with Crippen LogP contribution in [0.2, 0.25) is 0 Å². The van der Waals surface area contributed by atoms with E-state index in [0.717, 1.165) is 37.5 Å². The normalized spacial score (nSPS) is 22.6. The van der Waals surface area contributed by atoms with Gasteiger partial charge >= 0.3 is 6.03 Å². The number of aryl methyl sites for hydroxylation is 2. The van der Waals surface area contributed by atoms with Crippen molar-refractivity contribution in [3.63, 3.8) is 0 Å². The number of hydrogen-bond acceptors (Lipinski definition) is 3. The number of rotatable bonds is 6. The van der Waals surface area contributed by atoms with Crippen LogP contribution in [0.5, 0.6) is 0 Å². The second-order valence-corrected chi connectivity index (χ2v) is 7.68. The van der Waals surface area contributed by atoms with Crippen LogP contribution in [0.15, 0.2) is 0 Å². The number of likely N-dealkylation sites (tertiary alicyclic amines) is 1. The highest BCUT2D eigenvalue weighted by molar-refractivity contribution is 5.74. The molecule has 2 N–H and O–H groups in total. The first kappa shape index (κ1) is 17.3. The number of carbonyl (C=O) groups is 1. The van der Waals surface area contributed by atoms with Crippen molar-refractivity contribution in [1.29, 1.82) is 0 Å². The Hall–Kier alpha value is -1.56. The Morgan fingerprint density at radius 1 is 1.33 bits per heavy atom. The van der Waals surface area contributed by atoms with Gasteiger partial charge in [-0.3, -0.25) is 4.68 Å². The maximum absolute atomic E-state index is 12.3. The smallest absolute Gasteiger partial charge is 0.315 e. The topological polar surface area (TPSA) is 62.2 Å². The van der Waals surface area contributed by atoms with E-state index in [9.17, 15) is 4.79 Å². The van der Waals surface area contributed by atoms with Crippen molar-refractivity contribution in [2.24, 2.45) is 13.0 Å². The van der Waals surface area contributed by atoms with Gasteiger partial charge in [0, 0.05) is 44.5 Å². The molecule has 0 unspecified atom stereocenters. The maximum atomic E-state index is 12.3. The van der Waals surface area contributed by atoms with Gasteiger partial charge in [-0.15, -0.1) is 0 Å². The van der Waals surface area contributed by atoms with Crippen LogP contribution in [-0.2, 0) is 13.5 Å². The molecular weight excluding hydrogens is 302 g/mol. The molecule has 1 aliphatic heterocycles. The van der Waals surface area contributed by atoms with Crippen LogP contribution >= 0.6 is 0 Å². The van der Waals surface area contributed by atoms with Gasteiger partial charge in [-0.2, -0.15) is 5.10 Å². The van der Waals surface area contributed by atoms with Gasteiger partial charge in [0.15, 0.2) is 0 Å². The highest BCUT2D eigenvalue weighted by Gasteiger charge is 2.29. The summed E-state index contributed by atoms with van der Waals surface area (Å²) in [6.45, 7) is 9.50. The number of carbonyl (C=O) groups excluding carboxylic acids is 1. The minimum Gasteiger partial charge on any atom is -0.335 e. The van der Waals surface area contributed by atoms with Crippen LogP contribution in [0.25, 0.3) is 0 Å². The van der Waals surface area contributed by atoms with Crippen molar-refractivity contribution in [2.75, 3.05) is 19.6 Å². The average molecular weight is 333 g/mol. The molecule has 24 heavy (non-hydrogen) atoms. The number of aromatic nitrogens is 2. The summed E-state index contributed by atoms with van der Waals surface area (Å²) in [7, 11) is 1.96.